The molecule has 0 saturated heterocycles. The zero-order valence-electron chi connectivity index (χ0n) is 14.1. The van der Waals surface area contributed by atoms with E-state index in [4.69, 9.17) is 15.2 Å². The summed E-state index contributed by atoms with van der Waals surface area (Å²) in [6.45, 7) is 1.93. The van der Waals surface area contributed by atoms with Crippen LogP contribution in [0, 0.1) is 6.92 Å². The minimum atomic E-state index is -0.706. The fourth-order valence-electron chi connectivity index (χ4n) is 2.35. The molecular formula is C18H16N4O4. The van der Waals surface area contributed by atoms with Gasteiger partial charge in [0.25, 0.3) is 5.91 Å². The van der Waals surface area contributed by atoms with Crippen LogP contribution in [0.2, 0.25) is 0 Å². The van der Waals surface area contributed by atoms with Crippen molar-refractivity contribution >= 4 is 11.9 Å². The van der Waals surface area contributed by atoms with Crippen LogP contribution < -0.4 is 15.2 Å². The summed E-state index contributed by atoms with van der Waals surface area (Å²) in [5.74, 6) is -0.662. The van der Waals surface area contributed by atoms with E-state index >= 15 is 0 Å². The highest BCUT2D eigenvalue weighted by molar-refractivity contribution is 5.97. The van der Waals surface area contributed by atoms with Crippen molar-refractivity contribution in [1.29, 1.82) is 0 Å². The van der Waals surface area contributed by atoms with E-state index in [1.807, 2.05) is 19.1 Å². The number of hydrogen-bond acceptors (Lipinski definition) is 6. The molecule has 2 aromatic carbocycles. The summed E-state index contributed by atoms with van der Waals surface area (Å²) in [6, 6.07) is 11.8. The van der Waals surface area contributed by atoms with E-state index in [2.05, 4.69) is 15.4 Å². The maximum Gasteiger partial charge on any atom is 0.343 e. The Bertz CT molecular complexity index is 964. The molecule has 8 heteroatoms. The smallest absolute Gasteiger partial charge is 0.343 e. The van der Waals surface area contributed by atoms with Gasteiger partial charge in [-0.2, -0.15) is 15.4 Å². The van der Waals surface area contributed by atoms with Crippen LogP contribution in [0.3, 0.4) is 0 Å². The third-order valence-corrected chi connectivity index (χ3v) is 3.71. The average Bonchev–Trinajstić information content (AvgIpc) is 3.12. The standard InChI is InChI=1S/C18H16N4O4/c1-10-3-5-11(6-4-10)18(24)26-13-8-7-12(9-14(13)25-2)15-16(17(19)23)21-22-20-15/h3-9H,1-2H3,(H2,19,23)(H,20,21,22). The Hall–Kier alpha value is -3.68. The van der Waals surface area contributed by atoms with Crippen LogP contribution in [0.25, 0.3) is 11.3 Å². The molecule has 0 unspecified atom stereocenters. The highest BCUT2D eigenvalue weighted by Crippen LogP contribution is 2.33. The summed E-state index contributed by atoms with van der Waals surface area (Å²) in [7, 11) is 1.44. The molecule has 0 spiro atoms. The van der Waals surface area contributed by atoms with Crippen molar-refractivity contribution in [1.82, 2.24) is 15.4 Å². The fourth-order valence-corrected chi connectivity index (χ4v) is 2.35. The first-order valence-electron chi connectivity index (χ1n) is 7.67. The molecule has 0 bridgehead atoms. The van der Waals surface area contributed by atoms with Gasteiger partial charge in [0.2, 0.25) is 0 Å². The first kappa shape index (κ1) is 17.2. The normalized spacial score (nSPS) is 10.4. The zero-order valence-corrected chi connectivity index (χ0v) is 14.1. The lowest BCUT2D eigenvalue weighted by Crippen LogP contribution is -2.13. The minimum Gasteiger partial charge on any atom is -0.493 e. The van der Waals surface area contributed by atoms with Gasteiger partial charge < -0.3 is 15.2 Å². The second kappa shape index (κ2) is 7.06. The minimum absolute atomic E-state index is 0.0106. The van der Waals surface area contributed by atoms with Crippen LogP contribution in [0.1, 0.15) is 26.4 Å². The summed E-state index contributed by atoms with van der Waals surface area (Å²) in [6.07, 6.45) is 0. The van der Waals surface area contributed by atoms with E-state index in [-0.39, 0.29) is 17.1 Å². The average molecular weight is 352 g/mol. The lowest BCUT2D eigenvalue weighted by Gasteiger charge is -2.10. The summed E-state index contributed by atoms with van der Waals surface area (Å²) >= 11 is 0. The van der Waals surface area contributed by atoms with Gasteiger partial charge >= 0.3 is 5.97 Å². The number of benzene rings is 2. The van der Waals surface area contributed by atoms with E-state index < -0.39 is 11.9 Å². The Labute approximate surface area is 148 Å². The van der Waals surface area contributed by atoms with E-state index in [1.165, 1.54) is 7.11 Å². The van der Waals surface area contributed by atoms with Crippen LogP contribution >= 0.6 is 0 Å². The number of nitrogens with two attached hydrogens (primary N) is 1. The largest absolute Gasteiger partial charge is 0.493 e. The molecule has 0 radical (unpaired) electrons. The number of nitrogens with one attached hydrogen (secondary N) is 1. The number of amides is 1. The Morgan fingerprint density at radius 3 is 2.42 bits per heavy atom. The van der Waals surface area contributed by atoms with Gasteiger partial charge in [-0.15, -0.1) is 0 Å². The Morgan fingerprint density at radius 2 is 1.77 bits per heavy atom. The number of esters is 1. The van der Waals surface area contributed by atoms with Gasteiger partial charge in [0.1, 0.15) is 5.69 Å². The number of aromatic amines is 1. The number of carbonyl (C=O) groups excluding carboxylic acids is 2. The van der Waals surface area contributed by atoms with Gasteiger partial charge in [-0.25, -0.2) is 4.79 Å². The molecule has 0 aliphatic heterocycles. The highest BCUT2D eigenvalue weighted by atomic mass is 16.6. The number of nitrogens with zero attached hydrogens (tertiary/aromatic N) is 2. The SMILES string of the molecule is COc1cc(-c2n[nH]nc2C(N)=O)ccc1OC(=O)c1ccc(C)cc1. The van der Waals surface area contributed by atoms with E-state index in [0.29, 0.717) is 16.9 Å². The zero-order chi connectivity index (χ0) is 18.7. The monoisotopic (exact) mass is 352 g/mol. The van der Waals surface area contributed by atoms with Crippen molar-refractivity contribution in [2.24, 2.45) is 5.73 Å². The molecule has 3 N–H and O–H groups in total. The lowest BCUT2D eigenvalue weighted by atomic mass is 10.1. The number of aromatic nitrogens is 3. The molecule has 1 heterocycles. The van der Waals surface area contributed by atoms with Crippen LogP contribution in [-0.2, 0) is 0 Å². The van der Waals surface area contributed by atoms with Gasteiger partial charge in [-0.1, -0.05) is 17.7 Å². The quantitative estimate of drug-likeness (QED) is 0.536. The number of aryl methyl sites for hydroxylation is 1. The van der Waals surface area contributed by atoms with E-state index in [9.17, 15) is 9.59 Å². The Kier molecular flexibility index (Phi) is 4.66. The molecule has 0 aliphatic carbocycles. The van der Waals surface area contributed by atoms with Gasteiger partial charge in [0, 0.05) is 5.56 Å². The van der Waals surface area contributed by atoms with Crippen LogP contribution in [-0.4, -0.2) is 34.4 Å². The van der Waals surface area contributed by atoms with Gasteiger partial charge in [0.15, 0.2) is 17.2 Å². The molecule has 0 fully saturated rings. The molecule has 0 saturated carbocycles. The molecule has 132 valence electrons. The molecule has 8 nitrogen and oxygen atoms in total. The molecule has 1 amide bonds. The maximum atomic E-state index is 12.3. The number of primary amides is 1. The third kappa shape index (κ3) is 3.39. The van der Waals surface area contributed by atoms with Crippen molar-refractivity contribution < 1.29 is 19.1 Å². The van der Waals surface area contributed by atoms with Crippen LogP contribution in [0.4, 0.5) is 0 Å². The number of rotatable bonds is 5. The summed E-state index contributed by atoms with van der Waals surface area (Å²) in [5, 5.41) is 10.0. The number of methoxy groups -OCH3 is 1. The fraction of sp³-hybridized carbons (Fsp3) is 0.111. The lowest BCUT2D eigenvalue weighted by molar-refractivity contribution is 0.0729. The maximum absolute atomic E-state index is 12.3. The highest BCUT2D eigenvalue weighted by Gasteiger charge is 2.18. The molecule has 3 rings (SSSR count). The topological polar surface area (TPSA) is 120 Å². The Morgan fingerprint density at radius 1 is 1.04 bits per heavy atom. The second-order valence-corrected chi connectivity index (χ2v) is 5.51. The van der Waals surface area contributed by atoms with Crippen molar-refractivity contribution in [2.75, 3.05) is 7.11 Å². The molecule has 0 aliphatic rings. The van der Waals surface area contributed by atoms with Gasteiger partial charge in [-0.05, 0) is 37.3 Å². The second-order valence-electron chi connectivity index (χ2n) is 5.51. The van der Waals surface area contributed by atoms with Crippen LogP contribution in [0.15, 0.2) is 42.5 Å². The number of ether oxygens (including phenoxy) is 2. The summed E-state index contributed by atoms with van der Waals surface area (Å²) in [5.41, 5.74) is 7.58. The summed E-state index contributed by atoms with van der Waals surface area (Å²) in [4.78, 5) is 23.7. The molecule has 1 aromatic heterocycles. The van der Waals surface area contributed by atoms with Crippen molar-refractivity contribution in [3.63, 3.8) is 0 Å². The predicted octanol–water partition coefficient (Wildman–Crippen LogP) is 2.11. The van der Waals surface area contributed by atoms with Gasteiger partial charge in [0.05, 0.1) is 12.7 Å². The number of hydrogen-bond donors (Lipinski definition) is 2. The molecule has 0 atom stereocenters. The summed E-state index contributed by atoms with van der Waals surface area (Å²) < 4.78 is 10.7. The van der Waals surface area contributed by atoms with Crippen molar-refractivity contribution in [3.8, 4) is 22.8 Å². The molecular weight excluding hydrogens is 336 g/mol. The first-order chi connectivity index (χ1) is 12.5. The molecule has 3 aromatic rings. The third-order valence-electron chi connectivity index (χ3n) is 3.71. The van der Waals surface area contributed by atoms with Crippen molar-refractivity contribution in [2.45, 2.75) is 6.92 Å². The van der Waals surface area contributed by atoms with Crippen molar-refractivity contribution in [3.05, 3.63) is 59.3 Å². The number of carbonyl (C=O) groups is 2. The van der Waals surface area contributed by atoms with E-state index in [0.717, 1.165) is 5.56 Å². The predicted molar refractivity (Wildman–Crippen MR) is 93.0 cm³/mol. The molecule has 26 heavy (non-hydrogen) atoms. The van der Waals surface area contributed by atoms with E-state index in [1.54, 1.807) is 30.3 Å². The Balaban J connectivity index is 1.89. The van der Waals surface area contributed by atoms with Gasteiger partial charge in [-0.3, -0.25) is 4.79 Å². The van der Waals surface area contributed by atoms with Crippen LogP contribution in [0.5, 0.6) is 11.5 Å². The first-order valence-corrected chi connectivity index (χ1v) is 7.67. The number of H-pyrrole nitrogens is 1.